The molecule has 21 heavy (non-hydrogen) atoms. The molecule has 0 aliphatic carbocycles. The van der Waals surface area contributed by atoms with Gasteiger partial charge in [-0.3, -0.25) is 4.79 Å². The average Bonchev–Trinajstić information content (AvgIpc) is 2.91. The minimum Gasteiger partial charge on any atom is -0.486 e. The van der Waals surface area contributed by atoms with Crippen LogP contribution in [-0.4, -0.2) is 19.1 Å². The van der Waals surface area contributed by atoms with Gasteiger partial charge in [0.05, 0.1) is 14.4 Å². The van der Waals surface area contributed by atoms with Gasteiger partial charge in [-0.05, 0) is 39.7 Å². The summed E-state index contributed by atoms with van der Waals surface area (Å²) in [4.78, 5) is 12.0. The van der Waals surface area contributed by atoms with E-state index in [9.17, 15) is 4.79 Å². The fourth-order valence-electron chi connectivity index (χ4n) is 1.98. The fourth-order valence-corrected chi connectivity index (χ4v) is 3.40. The zero-order valence-corrected chi connectivity index (χ0v) is 14.0. The molecule has 1 amide bonds. The molecule has 0 unspecified atom stereocenters. The molecule has 110 valence electrons. The monoisotopic (exact) mass is 387 g/mol. The summed E-state index contributed by atoms with van der Waals surface area (Å²) >= 11 is 11.0. The number of thiophene rings is 1. The van der Waals surface area contributed by atoms with Crippen LogP contribution in [0.3, 0.4) is 0 Å². The number of hydrogen-bond donors (Lipinski definition) is 1. The van der Waals surface area contributed by atoms with Gasteiger partial charge in [-0.2, -0.15) is 0 Å². The van der Waals surface area contributed by atoms with Crippen molar-refractivity contribution in [2.24, 2.45) is 0 Å². The molecule has 1 aliphatic rings. The molecule has 0 saturated heterocycles. The van der Waals surface area contributed by atoms with Gasteiger partial charge in [-0.25, -0.2) is 0 Å². The van der Waals surface area contributed by atoms with Crippen LogP contribution in [0.2, 0.25) is 5.02 Å². The molecule has 2 aromatic rings. The van der Waals surface area contributed by atoms with Crippen LogP contribution in [0.25, 0.3) is 0 Å². The van der Waals surface area contributed by atoms with E-state index in [1.54, 1.807) is 17.5 Å². The molecule has 0 bridgehead atoms. The summed E-state index contributed by atoms with van der Waals surface area (Å²) in [6.45, 7) is 1.38. The Kier molecular flexibility index (Phi) is 4.37. The van der Waals surface area contributed by atoms with Crippen LogP contribution in [-0.2, 0) is 6.54 Å². The Hall–Kier alpha value is -1.24. The number of hydrogen-bond acceptors (Lipinski definition) is 4. The second-order valence-electron chi connectivity index (χ2n) is 4.42. The van der Waals surface area contributed by atoms with Crippen molar-refractivity contribution in [2.75, 3.05) is 13.2 Å². The van der Waals surface area contributed by atoms with Gasteiger partial charge in [-0.1, -0.05) is 11.6 Å². The third-order valence-corrected chi connectivity index (χ3v) is 4.72. The number of rotatable bonds is 3. The maximum Gasteiger partial charge on any atom is 0.252 e. The number of benzene rings is 1. The summed E-state index contributed by atoms with van der Waals surface area (Å²) in [6.07, 6.45) is 0. The Morgan fingerprint density at radius 3 is 2.90 bits per heavy atom. The van der Waals surface area contributed by atoms with Gasteiger partial charge >= 0.3 is 0 Å². The van der Waals surface area contributed by atoms with Crippen LogP contribution in [0.4, 0.5) is 0 Å². The minimum atomic E-state index is -0.122. The Morgan fingerprint density at radius 1 is 1.33 bits per heavy atom. The van der Waals surface area contributed by atoms with Gasteiger partial charge in [0, 0.05) is 11.9 Å². The molecular formula is C14H11BrClNO3S. The lowest BCUT2D eigenvalue weighted by Crippen LogP contribution is -2.22. The van der Waals surface area contributed by atoms with Crippen LogP contribution in [0.1, 0.15) is 15.9 Å². The highest BCUT2D eigenvalue weighted by Crippen LogP contribution is 2.38. The number of halogens is 2. The van der Waals surface area contributed by atoms with E-state index in [-0.39, 0.29) is 5.91 Å². The van der Waals surface area contributed by atoms with Crippen molar-refractivity contribution in [2.45, 2.75) is 6.54 Å². The van der Waals surface area contributed by atoms with Crippen LogP contribution in [0.5, 0.6) is 11.5 Å². The predicted octanol–water partition coefficient (Wildman–Crippen LogP) is 3.87. The first-order valence-corrected chi connectivity index (χ1v) is 8.29. The molecular weight excluding hydrogens is 378 g/mol. The molecule has 2 heterocycles. The van der Waals surface area contributed by atoms with Gasteiger partial charge in [0.25, 0.3) is 5.91 Å². The quantitative estimate of drug-likeness (QED) is 0.868. The number of carbonyl (C=O) groups excluding carboxylic acids is 1. The number of amides is 1. The van der Waals surface area contributed by atoms with Crippen molar-refractivity contribution in [3.63, 3.8) is 0 Å². The standard InChI is InChI=1S/C14H11BrClNO3S/c15-12-5-9(7-21-12)14(18)17-6-8-3-10(16)13-11(4-8)19-1-2-20-13/h3-5,7H,1-2,6H2,(H,17,18). The van der Waals surface area contributed by atoms with Crippen molar-refractivity contribution < 1.29 is 14.3 Å². The summed E-state index contributed by atoms with van der Waals surface area (Å²) in [6, 6.07) is 5.40. The summed E-state index contributed by atoms with van der Waals surface area (Å²) in [5.41, 5.74) is 1.50. The van der Waals surface area contributed by atoms with E-state index in [0.717, 1.165) is 9.35 Å². The smallest absolute Gasteiger partial charge is 0.252 e. The summed E-state index contributed by atoms with van der Waals surface area (Å²) in [5.74, 6) is 1.07. The molecule has 1 aliphatic heterocycles. The van der Waals surface area contributed by atoms with Gasteiger partial charge in [-0.15, -0.1) is 11.3 Å². The van der Waals surface area contributed by atoms with E-state index < -0.39 is 0 Å². The Morgan fingerprint density at radius 2 is 2.14 bits per heavy atom. The molecule has 7 heteroatoms. The maximum absolute atomic E-state index is 12.0. The van der Waals surface area contributed by atoms with Gasteiger partial charge in [0.15, 0.2) is 11.5 Å². The van der Waals surface area contributed by atoms with Crippen LogP contribution in [0, 0.1) is 0 Å². The van der Waals surface area contributed by atoms with E-state index in [1.807, 2.05) is 6.07 Å². The van der Waals surface area contributed by atoms with Crippen LogP contribution < -0.4 is 14.8 Å². The predicted molar refractivity (Wildman–Crippen MR) is 85.6 cm³/mol. The molecule has 3 rings (SSSR count). The lowest BCUT2D eigenvalue weighted by Gasteiger charge is -2.20. The van der Waals surface area contributed by atoms with Crippen molar-refractivity contribution >= 4 is 44.8 Å². The molecule has 1 aromatic carbocycles. The van der Waals surface area contributed by atoms with Crippen LogP contribution in [0.15, 0.2) is 27.4 Å². The normalized spacial score (nSPS) is 13.0. The molecule has 1 N–H and O–H groups in total. The SMILES string of the molecule is O=C(NCc1cc(Cl)c2c(c1)OCCO2)c1csc(Br)c1. The minimum absolute atomic E-state index is 0.122. The highest BCUT2D eigenvalue weighted by Gasteiger charge is 2.17. The first kappa shape index (κ1) is 14.7. The Bertz CT molecular complexity index is 689. The number of fused-ring (bicyclic) bond motifs is 1. The largest absolute Gasteiger partial charge is 0.486 e. The lowest BCUT2D eigenvalue weighted by molar-refractivity contribution is 0.0951. The van der Waals surface area contributed by atoms with Gasteiger partial charge < -0.3 is 14.8 Å². The molecule has 0 atom stereocenters. The fraction of sp³-hybridized carbons (Fsp3) is 0.214. The van der Waals surface area contributed by atoms with Crippen molar-refractivity contribution in [1.82, 2.24) is 5.32 Å². The third kappa shape index (κ3) is 3.33. The zero-order chi connectivity index (χ0) is 14.8. The highest BCUT2D eigenvalue weighted by atomic mass is 79.9. The van der Waals surface area contributed by atoms with E-state index in [0.29, 0.717) is 41.8 Å². The maximum atomic E-state index is 12.0. The van der Waals surface area contributed by atoms with Crippen molar-refractivity contribution in [1.29, 1.82) is 0 Å². The second-order valence-corrected chi connectivity index (χ2v) is 7.12. The molecule has 0 spiro atoms. The van der Waals surface area contributed by atoms with Crippen molar-refractivity contribution in [3.8, 4) is 11.5 Å². The third-order valence-electron chi connectivity index (χ3n) is 2.94. The van der Waals surface area contributed by atoms with Crippen LogP contribution >= 0.6 is 38.9 Å². The summed E-state index contributed by atoms with van der Waals surface area (Å²) < 4.78 is 11.9. The Balaban J connectivity index is 1.71. The van der Waals surface area contributed by atoms with Gasteiger partial charge in [0.1, 0.15) is 13.2 Å². The van der Waals surface area contributed by atoms with Gasteiger partial charge in [0.2, 0.25) is 0 Å². The molecule has 0 fully saturated rings. The number of carbonyl (C=O) groups is 1. The first-order chi connectivity index (χ1) is 10.1. The lowest BCUT2D eigenvalue weighted by atomic mass is 10.2. The van der Waals surface area contributed by atoms with E-state index in [1.165, 1.54) is 11.3 Å². The number of ether oxygens (including phenoxy) is 2. The molecule has 0 radical (unpaired) electrons. The molecule has 0 saturated carbocycles. The average molecular weight is 389 g/mol. The first-order valence-electron chi connectivity index (χ1n) is 6.24. The Labute approximate surface area is 139 Å². The number of nitrogens with one attached hydrogen (secondary N) is 1. The summed E-state index contributed by atoms with van der Waals surface area (Å²) in [7, 11) is 0. The van der Waals surface area contributed by atoms with E-state index in [2.05, 4.69) is 21.2 Å². The summed E-state index contributed by atoms with van der Waals surface area (Å²) in [5, 5.41) is 5.15. The topological polar surface area (TPSA) is 47.6 Å². The van der Waals surface area contributed by atoms with E-state index >= 15 is 0 Å². The highest BCUT2D eigenvalue weighted by molar-refractivity contribution is 9.11. The zero-order valence-electron chi connectivity index (χ0n) is 10.8. The molecule has 1 aromatic heterocycles. The van der Waals surface area contributed by atoms with Crippen molar-refractivity contribution in [3.05, 3.63) is 43.5 Å². The van der Waals surface area contributed by atoms with E-state index in [4.69, 9.17) is 21.1 Å². The molecule has 4 nitrogen and oxygen atoms in total. The second kappa shape index (κ2) is 6.25.